The molecule has 0 heterocycles. The fraction of sp³-hybridized carbons (Fsp3) is 0.167. The molecule has 0 aliphatic carbocycles. The molecule has 1 aromatic rings. The zero-order chi connectivity index (χ0) is 14.7. The second-order valence-corrected chi connectivity index (χ2v) is 3.64. The molecule has 1 rings (SSSR count). The van der Waals surface area contributed by atoms with Crippen LogP contribution in [0.5, 0.6) is 0 Å². The van der Waals surface area contributed by atoms with E-state index in [0.717, 1.165) is 12.1 Å². The van der Waals surface area contributed by atoms with E-state index in [9.17, 15) is 26.3 Å². The van der Waals surface area contributed by atoms with E-state index in [1.54, 1.807) is 0 Å². The topological polar surface area (TPSA) is 26.0 Å². The first-order valence-corrected chi connectivity index (χ1v) is 4.98. The molecule has 0 spiro atoms. The molecule has 0 radical (unpaired) electrons. The summed E-state index contributed by atoms with van der Waals surface area (Å²) in [4.78, 5) is 0. The van der Waals surface area contributed by atoms with E-state index >= 15 is 0 Å². The minimum Gasteiger partial charge on any atom is -0.398 e. The summed E-state index contributed by atoms with van der Waals surface area (Å²) in [5, 5.41) is 0. The zero-order valence-electron chi connectivity index (χ0n) is 9.39. The highest BCUT2D eigenvalue weighted by Crippen LogP contribution is 2.23. The average Bonchev–Trinajstić information content (AvgIpc) is 2.24. The van der Waals surface area contributed by atoms with Crippen molar-refractivity contribution in [2.75, 3.05) is 5.73 Å². The van der Waals surface area contributed by atoms with Gasteiger partial charge in [0.05, 0.1) is 0 Å². The van der Waals surface area contributed by atoms with E-state index in [1.807, 2.05) is 0 Å². The number of alkyl halides is 6. The van der Waals surface area contributed by atoms with Gasteiger partial charge in [0.25, 0.3) is 0 Å². The number of anilines is 1. The third kappa shape index (κ3) is 5.98. The van der Waals surface area contributed by atoms with Gasteiger partial charge < -0.3 is 5.73 Å². The van der Waals surface area contributed by atoms with E-state index < -0.39 is 12.4 Å². The van der Waals surface area contributed by atoms with Crippen molar-refractivity contribution >= 4 is 17.8 Å². The first-order valence-electron chi connectivity index (χ1n) is 4.98. The van der Waals surface area contributed by atoms with Crippen molar-refractivity contribution in [1.82, 2.24) is 0 Å². The van der Waals surface area contributed by atoms with Crippen LogP contribution in [0.15, 0.2) is 30.4 Å². The van der Waals surface area contributed by atoms with Crippen LogP contribution in [0, 0.1) is 0 Å². The van der Waals surface area contributed by atoms with Crippen molar-refractivity contribution in [3.05, 3.63) is 41.5 Å². The molecule has 0 aliphatic heterocycles. The molecule has 104 valence electrons. The molecule has 0 saturated carbocycles. The molecule has 2 N–H and O–H groups in total. The van der Waals surface area contributed by atoms with Gasteiger partial charge in [0.1, 0.15) is 0 Å². The van der Waals surface area contributed by atoms with E-state index in [2.05, 4.69) is 0 Å². The number of hydrogen-bond acceptors (Lipinski definition) is 1. The van der Waals surface area contributed by atoms with Crippen LogP contribution in [0.4, 0.5) is 32.0 Å². The molecule has 0 unspecified atom stereocenters. The monoisotopic (exact) mass is 281 g/mol. The first kappa shape index (κ1) is 15.1. The van der Waals surface area contributed by atoms with Crippen LogP contribution in [0.3, 0.4) is 0 Å². The minimum absolute atomic E-state index is 0.00153. The van der Waals surface area contributed by atoms with Gasteiger partial charge in [-0.3, -0.25) is 0 Å². The maximum absolute atomic E-state index is 12.0. The van der Waals surface area contributed by atoms with Crippen molar-refractivity contribution in [2.24, 2.45) is 0 Å². The number of nitrogen functional groups attached to an aromatic ring is 1. The second kappa shape index (κ2) is 5.38. The second-order valence-electron chi connectivity index (χ2n) is 3.64. The average molecular weight is 281 g/mol. The van der Waals surface area contributed by atoms with Crippen molar-refractivity contribution < 1.29 is 26.3 Å². The lowest BCUT2D eigenvalue weighted by molar-refractivity contribution is -0.0800. The molecule has 19 heavy (non-hydrogen) atoms. The van der Waals surface area contributed by atoms with Crippen molar-refractivity contribution in [2.45, 2.75) is 12.4 Å². The highest BCUT2D eigenvalue weighted by atomic mass is 19.4. The third-order valence-corrected chi connectivity index (χ3v) is 2.03. The van der Waals surface area contributed by atoms with Crippen LogP contribution in [-0.2, 0) is 0 Å². The van der Waals surface area contributed by atoms with Gasteiger partial charge in [-0.2, -0.15) is 26.3 Å². The summed E-state index contributed by atoms with van der Waals surface area (Å²) in [7, 11) is 0. The maximum atomic E-state index is 12.0. The number of hydrogen-bond donors (Lipinski definition) is 1. The minimum atomic E-state index is -4.51. The molecular formula is C12H9F6N. The van der Waals surface area contributed by atoms with Gasteiger partial charge >= 0.3 is 12.4 Å². The predicted molar refractivity (Wildman–Crippen MR) is 61.0 cm³/mol. The van der Waals surface area contributed by atoms with E-state index in [4.69, 9.17) is 5.73 Å². The van der Waals surface area contributed by atoms with Gasteiger partial charge in [-0.1, -0.05) is 12.1 Å². The number of halogens is 6. The molecule has 0 aromatic heterocycles. The Hall–Kier alpha value is -1.92. The molecule has 0 fully saturated rings. The van der Waals surface area contributed by atoms with Crippen molar-refractivity contribution in [3.63, 3.8) is 0 Å². The normalized spacial score (nSPS) is 13.6. The molecule has 0 aliphatic rings. The smallest absolute Gasteiger partial charge is 0.398 e. The molecule has 0 amide bonds. The molecule has 0 saturated heterocycles. The lowest BCUT2D eigenvalue weighted by atomic mass is 10.1. The highest BCUT2D eigenvalue weighted by Gasteiger charge is 2.22. The molecular weight excluding hydrogens is 272 g/mol. The standard InChI is InChI=1S/C12H9F6N/c13-11(14,15)5-3-8-1-2-10(19)9(7-8)4-6-12(16,17)18/h1-7H,19H2/b5-3+,6-4+. The van der Waals surface area contributed by atoms with Crippen LogP contribution >= 0.6 is 0 Å². The van der Waals surface area contributed by atoms with Crippen LogP contribution in [-0.4, -0.2) is 12.4 Å². The van der Waals surface area contributed by atoms with E-state index in [1.165, 1.54) is 12.1 Å². The Morgan fingerprint density at radius 3 is 1.89 bits per heavy atom. The Morgan fingerprint density at radius 1 is 0.842 bits per heavy atom. The fourth-order valence-electron chi connectivity index (χ4n) is 1.22. The van der Waals surface area contributed by atoms with Crippen LogP contribution in [0.25, 0.3) is 12.2 Å². The zero-order valence-corrected chi connectivity index (χ0v) is 9.39. The summed E-state index contributed by atoms with van der Waals surface area (Å²) < 4.78 is 71.8. The summed E-state index contributed by atoms with van der Waals surface area (Å²) in [5.74, 6) is 0. The van der Waals surface area contributed by atoms with E-state index in [0.29, 0.717) is 6.08 Å². The van der Waals surface area contributed by atoms with Gasteiger partial charge in [0, 0.05) is 17.8 Å². The Balaban J connectivity index is 3.02. The molecule has 1 nitrogen and oxygen atoms in total. The SMILES string of the molecule is Nc1ccc(/C=C/C(F)(F)F)cc1/C=C/C(F)(F)F. The number of benzene rings is 1. The van der Waals surface area contributed by atoms with Gasteiger partial charge in [-0.05, 0) is 29.3 Å². The summed E-state index contributed by atoms with van der Waals surface area (Å²) >= 11 is 0. The van der Waals surface area contributed by atoms with Gasteiger partial charge in [0.15, 0.2) is 0 Å². The Labute approximate surface area is 105 Å². The summed E-state index contributed by atoms with van der Waals surface area (Å²) in [5.41, 5.74) is 5.59. The van der Waals surface area contributed by atoms with Crippen molar-refractivity contribution in [3.8, 4) is 0 Å². The maximum Gasteiger partial charge on any atom is 0.409 e. The lowest BCUT2D eigenvalue weighted by Gasteiger charge is -2.04. The summed E-state index contributed by atoms with van der Waals surface area (Å²) in [6.07, 6.45) is -7.57. The number of nitrogens with two attached hydrogens (primary N) is 1. The molecule has 0 atom stereocenters. The first-order chi connectivity index (χ1) is 8.57. The van der Waals surface area contributed by atoms with Gasteiger partial charge in [-0.25, -0.2) is 0 Å². The third-order valence-electron chi connectivity index (χ3n) is 2.03. The fourth-order valence-corrected chi connectivity index (χ4v) is 1.22. The van der Waals surface area contributed by atoms with Crippen LogP contribution in [0.1, 0.15) is 11.1 Å². The number of allylic oxidation sites excluding steroid dienone is 2. The molecule has 7 heteroatoms. The van der Waals surface area contributed by atoms with Crippen LogP contribution in [0.2, 0.25) is 0 Å². The van der Waals surface area contributed by atoms with E-state index in [-0.39, 0.29) is 29.0 Å². The number of rotatable bonds is 2. The Bertz CT molecular complexity index is 496. The largest absolute Gasteiger partial charge is 0.409 e. The Morgan fingerprint density at radius 2 is 1.37 bits per heavy atom. The molecule has 0 bridgehead atoms. The van der Waals surface area contributed by atoms with Gasteiger partial charge in [0.2, 0.25) is 0 Å². The van der Waals surface area contributed by atoms with Gasteiger partial charge in [-0.15, -0.1) is 0 Å². The summed E-state index contributed by atoms with van der Waals surface area (Å²) in [6, 6.07) is 3.66. The lowest BCUT2D eigenvalue weighted by Crippen LogP contribution is -2.01. The highest BCUT2D eigenvalue weighted by molar-refractivity contribution is 5.68. The Kier molecular flexibility index (Phi) is 4.28. The van der Waals surface area contributed by atoms with Crippen LogP contribution < -0.4 is 5.73 Å². The quantitative estimate of drug-likeness (QED) is 0.630. The molecule has 1 aromatic carbocycles. The summed E-state index contributed by atoms with van der Waals surface area (Å²) in [6.45, 7) is 0. The van der Waals surface area contributed by atoms with Crippen molar-refractivity contribution in [1.29, 1.82) is 0 Å². The predicted octanol–water partition coefficient (Wildman–Crippen LogP) is 4.42.